The number of nitrogens with zero attached hydrogens (tertiary/aromatic N) is 3. The Morgan fingerprint density at radius 1 is 1.40 bits per heavy atom. The molecule has 0 bridgehead atoms. The van der Waals surface area contributed by atoms with Crippen LogP contribution in [0.5, 0.6) is 0 Å². The van der Waals surface area contributed by atoms with Crippen molar-refractivity contribution in [2.45, 2.75) is 26.2 Å². The van der Waals surface area contributed by atoms with Crippen LogP contribution >= 0.6 is 11.6 Å². The molecule has 1 spiro atoms. The van der Waals surface area contributed by atoms with Gasteiger partial charge < -0.3 is 14.5 Å². The van der Waals surface area contributed by atoms with Gasteiger partial charge in [-0.3, -0.25) is 4.79 Å². The molecule has 7 heteroatoms. The summed E-state index contributed by atoms with van der Waals surface area (Å²) in [6, 6.07) is 7.24. The summed E-state index contributed by atoms with van der Waals surface area (Å²) in [4.78, 5) is 18.8. The minimum absolute atomic E-state index is 0.0306. The first-order chi connectivity index (χ1) is 14.5. The fourth-order valence-electron chi connectivity index (χ4n) is 4.41. The van der Waals surface area contributed by atoms with E-state index < -0.39 is 0 Å². The molecule has 1 saturated carbocycles. The Labute approximate surface area is 180 Å². The Hall–Kier alpha value is -2.70. The average Bonchev–Trinajstić information content (AvgIpc) is 3.41. The normalized spacial score (nSPS) is 23.4. The molecule has 1 aromatic heterocycles. The molecule has 1 saturated heterocycles. The van der Waals surface area contributed by atoms with E-state index in [1.165, 1.54) is 0 Å². The molecule has 6 nitrogen and oxygen atoms in total. The lowest BCUT2D eigenvalue weighted by Gasteiger charge is -2.24. The van der Waals surface area contributed by atoms with E-state index in [1.54, 1.807) is 17.0 Å². The summed E-state index contributed by atoms with van der Waals surface area (Å²) in [5.41, 5.74) is 3.41. The first-order valence-electron chi connectivity index (χ1n) is 10.0. The van der Waals surface area contributed by atoms with Crippen molar-refractivity contribution >= 4 is 23.1 Å². The number of aliphatic hydroxyl groups is 1. The Morgan fingerprint density at radius 3 is 2.87 bits per heavy atom. The van der Waals surface area contributed by atoms with Crippen molar-refractivity contribution in [1.29, 1.82) is 0 Å². The summed E-state index contributed by atoms with van der Waals surface area (Å²) in [5.74, 6) is 0.999. The maximum Gasteiger partial charge on any atom is 0.258 e. The number of aromatic nitrogens is 2. The molecular formula is C23H24ClN3O3. The second-order valence-corrected chi connectivity index (χ2v) is 8.23. The molecule has 4 rings (SSSR count). The van der Waals surface area contributed by atoms with E-state index in [9.17, 15) is 9.90 Å². The Bertz CT molecular complexity index is 1040. The molecule has 30 heavy (non-hydrogen) atoms. The molecule has 2 fully saturated rings. The van der Waals surface area contributed by atoms with Crippen molar-refractivity contribution < 1.29 is 14.4 Å². The first-order valence-corrected chi connectivity index (χ1v) is 10.4. The van der Waals surface area contributed by atoms with Crippen LogP contribution in [0.4, 0.5) is 0 Å². The number of hydrogen-bond donors (Lipinski definition) is 1. The van der Waals surface area contributed by atoms with Gasteiger partial charge in [0.15, 0.2) is 0 Å². The Kier molecular flexibility index (Phi) is 5.62. The number of likely N-dealkylation sites (tertiary alicyclic amines) is 1. The summed E-state index contributed by atoms with van der Waals surface area (Å²) < 4.78 is 5.50. The standard InChI is InChI=1S/C23H24ClN3O3/c1-3-4-19(21-25-22(30-26-21)16-5-7-17(24)8-6-16)18-9-10-23(15(18)2)13-20(29)27(14-23)11-12-28/h3-8,28H,2,9-14H2,1H3/b4-3-,19-18+/t23-/m0/s1. The van der Waals surface area contributed by atoms with Crippen LogP contribution in [-0.2, 0) is 4.79 Å². The predicted octanol–water partition coefficient (Wildman–Crippen LogP) is 4.28. The quantitative estimate of drug-likeness (QED) is 0.773. The van der Waals surface area contributed by atoms with Crippen LogP contribution in [0.1, 0.15) is 32.0 Å². The molecule has 1 amide bonds. The predicted molar refractivity (Wildman–Crippen MR) is 116 cm³/mol. The minimum atomic E-state index is -0.281. The van der Waals surface area contributed by atoms with Gasteiger partial charge in [0.2, 0.25) is 11.7 Å². The van der Waals surface area contributed by atoms with E-state index in [0.717, 1.165) is 35.1 Å². The number of rotatable bonds is 5. The van der Waals surface area contributed by atoms with Gasteiger partial charge >= 0.3 is 0 Å². The van der Waals surface area contributed by atoms with Crippen LogP contribution in [0, 0.1) is 5.41 Å². The molecule has 0 radical (unpaired) electrons. The van der Waals surface area contributed by atoms with Crippen molar-refractivity contribution in [3.8, 4) is 11.5 Å². The van der Waals surface area contributed by atoms with Crippen LogP contribution in [0.3, 0.4) is 0 Å². The van der Waals surface area contributed by atoms with Gasteiger partial charge in [-0.2, -0.15) is 4.98 Å². The molecule has 156 valence electrons. The zero-order valence-corrected chi connectivity index (χ0v) is 17.7. The number of allylic oxidation sites excluding steroid dienone is 4. The van der Waals surface area contributed by atoms with E-state index in [0.29, 0.717) is 36.2 Å². The van der Waals surface area contributed by atoms with Crippen LogP contribution < -0.4 is 0 Å². The smallest absolute Gasteiger partial charge is 0.258 e. The number of aliphatic hydroxyl groups excluding tert-OH is 1. The third kappa shape index (κ3) is 3.61. The van der Waals surface area contributed by atoms with Crippen LogP contribution in [0.15, 0.2) is 58.7 Å². The van der Waals surface area contributed by atoms with Crippen LogP contribution in [0.2, 0.25) is 5.02 Å². The van der Waals surface area contributed by atoms with Gasteiger partial charge in [-0.05, 0) is 55.2 Å². The molecular weight excluding hydrogens is 402 g/mol. The fraction of sp³-hybridized carbons (Fsp3) is 0.348. The Morgan fingerprint density at radius 2 is 2.17 bits per heavy atom. The molecule has 1 N–H and O–H groups in total. The van der Waals surface area contributed by atoms with Gasteiger partial charge in [-0.25, -0.2) is 0 Å². The summed E-state index contributed by atoms with van der Waals surface area (Å²) in [7, 11) is 0. The van der Waals surface area contributed by atoms with E-state index in [2.05, 4.69) is 16.7 Å². The van der Waals surface area contributed by atoms with Gasteiger partial charge in [0.25, 0.3) is 5.89 Å². The highest BCUT2D eigenvalue weighted by Crippen LogP contribution is 2.53. The van der Waals surface area contributed by atoms with E-state index in [1.807, 2.05) is 31.2 Å². The number of carbonyl (C=O) groups is 1. The van der Waals surface area contributed by atoms with E-state index in [4.69, 9.17) is 16.1 Å². The molecule has 1 aromatic carbocycles. The zero-order valence-electron chi connectivity index (χ0n) is 16.9. The van der Waals surface area contributed by atoms with Crippen molar-refractivity contribution in [1.82, 2.24) is 15.0 Å². The van der Waals surface area contributed by atoms with Crippen LogP contribution in [-0.4, -0.2) is 45.8 Å². The molecule has 0 unspecified atom stereocenters. The maximum atomic E-state index is 12.4. The monoisotopic (exact) mass is 425 g/mol. The van der Waals surface area contributed by atoms with Crippen molar-refractivity contribution in [2.75, 3.05) is 19.7 Å². The van der Waals surface area contributed by atoms with Crippen molar-refractivity contribution in [3.63, 3.8) is 0 Å². The fourth-order valence-corrected chi connectivity index (χ4v) is 4.53. The molecule has 2 heterocycles. The number of benzene rings is 1. The lowest BCUT2D eigenvalue weighted by atomic mass is 9.81. The Balaban J connectivity index is 1.67. The number of carbonyl (C=O) groups excluding carboxylic acids is 1. The number of hydrogen-bond acceptors (Lipinski definition) is 5. The average molecular weight is 426 g/mol. The number of β-amino-alcohol motifs (C(OH)–C–C–N with tert-alkyl or cyclic N) is 1. The third-order valence-electron chi connectivity index (χ3n) is 5.98. The summed E-state index contributed by atoms with van der Waals surface area (Å²) in [6.45, 7) is 7.24. The van der Waals surface area contributed by atoms with Gasteiger partial charge in [0.05, 0.1) is 6.61 Å². The summed E-state index contributed by atoms with van der Waals surface area (Å²) in [6.07, 6.45) is 5.98. The van der Waals surface area contributed by atoms with Crippen molar-refractivity contribution in [2.24, 2.45) is 5.41 Å². The minimum Gasteiger partial charge on any atom is -0.395 e. The second kappa shape index (κ2) is 8.20. The number of halogens is 1. The van der Waals surface area contributed by atoms with Gasteiger partial charge in [0, 0.05) is 41.1 Å². The highest BCUT2D eigenvalue weighted by atomic mass is 35.5. The summed E-state index contributed by atoms with van der Waals surface area (Å²) in [5, 5.41) is 14.1. The second-order valence-electron chi connectivity index (χ2n) is 7.80. The van der Waals surface area contributed by atoms with Gasteiger partial charge in [-0.15, -0.1) is 0 Å². The van der Waals surface area contributed by atoms with Gasteiger partial charge in [-0.1, -0.05) is 35.5 Å². The molecule has 2 aliphatic rings. The van der Waals surface area contributed by atoms with Gasteiger partial charge in [0.1, 0.15) is 0 Å². The summed E-state index contributed by atoms with van der Waals surface area (Å²) >= 11 is 5.96. The highest BCUT2D eigenvalue weighted by molar-refractivity contribution is 6.30. The largest absolute Gasteiger partial charge is 0.395 e. The van der Waals surface area contributed by atoms with Crippen LogP contribution in [0.25, 0.3) is 17.0 Å². The molecule has 2 aromatic rings. The highest BCUT2D eigenvalue weighted by Gasteiger charge is 2.49. The van der Waals surface area contributed by atoms with E-state index in [-0.39, 0.29) is 17.9 Å². The maximum absolute atomic E-state index is 12.4. The lowest BCUT2D eigenvalue weighted by Crippen LogP contribution is -2.30. The molecule has 1 aliphatic heterocycles. The van der Waals surface area contributed by atoms with E-state index >= 15 is 0 Å². The first kappa shape index (κ1) is 20.6. The van der Waals surface area contributed by atoms with Crippen molar-refractivity contribution in [3.05, 3.63) is 65.0 Å². The number of amides is 1. The zero-order chi connectivity index (χ0) is 21.3. The molecule has 1 aliphatic carbocycles. The molecule has 1 atom stereocenters. The lowest BCUT2D eigenvalue weighted by molar-refractivity contribution is -0.128. The third-order valence-corrected chi connectivity index (χ3v) is 6.23. The SMILES string of the molecule is C=C1/C(=C(\C=C/C)c2noc(-c3ccc(Cl)cc3)n2)CC[C@@]12CC(=O)N(CCO)C2. The topological polar surface area (TPSA) is 79.5 Å².